The molecule has 1 N–H and O–H groups in total. The molecule has 1 saturated heterocycles. The molecule has 0 unspecified atom stereocenters. The maximum atomic E-state index is 12.4. The molecule has 26 heavy (non-hydrogen) atoms. The summed E-state index contributed by atoms with van der Waals surface area (Å²) in [5, 5.41) is 2.85. The summed E-state index contributed by atoms with van der Waals surface area (Å²) in [6, 6.07) is 5.07. The van der Waals surface area contributed by atoms with Gasteiger partial charge in [0.2, 0.25) is 11.8 Å². The monoisotopic (exact) mass is 362 g/mol. The lowest BCUT2D eigenvalue weighted by Gasteiger charge is -2.18. The van der Waals surface area contributed by atoms with Gasteiger partial charge in [0.25, 0.3) is 0 Å². The maximum Gasteiger partial charge on any atom is 0.341 e. The van der Waals surface area contributed by atoms with Gasteiger partial charge < -0.3 is 19.7 Å². The van der Waals surface area contributed by atoms with Gasteiger partial charge in [0.05, 0.1) is 20.1 Å². The van der Waals surface area contributed by atoms with E-state index in [9.17, 15) is 14.4 Å². The molecular formula is C19H26N2O5. The molecule has 0 aromatic heterocycles. The molecule has 1 fully saturated rings. The largest absolute Gasteiger partial charge is 0.496 e. The third-order valence-electron chi connectivity index (χ3n) is 4.31. The molecule has 1 aliphatic heterocycles. The minimum absolute atomic E-state index is 0.0243. The van der Waals surface area contributed by atoms with Crippen LogP contribution >= 0.6 is 0 Å². The Morgan fingerprint density at radius 1 is 1.31 bits per heavy atom. The zero-order chi connectivity index (χ0) is 19.3. The molecule has 2 rings (SSSR count). The third kappa shape index (κ3) is 4.74. The van der Waals surface area contributed by atoms with E-state index >= 15 is 0 Å². The Balaban J connectivity index is 1.97. The van der Waals surface area contributed by atoms with E-state index in [1.807, 2.05) is 13.8 Å². The third-order valence-corrected chi connectivity index (χ3v) is 4.31. The topological polar surface area (TPSA) is 84.9 Å². The van der Waals surface area contributed by atoms with Crippen LogP contribution in [0.4, 0.5) is 0 Å². The van der Waals surface area contributed by atoms with Crippen LogP contribution in [-0.2, 0) is 20.9 Å². The minimum atomic E-state index is -0.499. The van der Waals surface area contributed by atoms with Gasteiger partial charge in [-0.25, -0.2) is 4.79 Å². The molecule has 1 heterocycles. The average molecular weight is 362 g/mol. The molecule has 0 aliphatic carbocycles. The highest BCUT2D eigenvalue weighted by atomic mass is 16.5. The Kier molecular flexibility index (Phi) is 6.60. The van der Waals surface area contributed by atoms with Gasteiger partial charge in [-0.15, -0.1) is 0 Å². The van der Waals surface area contributed by atoms with Gasteiger partial charge >= 0.3 is 5.97 Å². The summed E-state index contributed by atoms with van der Waals surface area (Å²) in [5.41, 5.74) is 1.06. The molecule has 7 nitrogen and oxygen atoms in total. The van der Waals surface area contributed by atoms with Crippen molar-refractivity contribution >= 4 is 17.8 Å². The Morgan fingerprint density at radius 3 is 2.65 bits per heavy atom. The number of amides is 2. The van der Waals surface area contributed by atoms with Crippen molar-refractivity contribution in [2.45, 2.75) is 26.8 Å². The fourth-order valence-electron chi connectivity index (χ4n) is 3.03. The van der Waals surface area contributed by atoms with Gasteiger partial charge in [-0.1, -0.05) is 19.9 Å². The first-order chi connectivity index (χ1) is 12.3. The predicted molar refractivity (Wildman–Crippen MR) is 95.7 cm³/mol. The Morgan fingerprint density at radius 2 is 2.04 bits per heavy atom. The van der Waals surface area contributed by atoms with E-state index < -0.39 is 5.97 Å². The van der Waals surface area contributed by atoms with Crippen LogP contribution in [0.3, 0.4) is 0 Å². The van der Waals surface area contributed by atoms with Gasteiger partial charge in [0.1, 0.15) is 11.3 Å². The van der Waals surface area contributed by atoms with Gasteiger partial charge in [-0.3, -0.25) is 9.59 Å². The van der Waals surface area contributed by atoms with Crippen molar-refractivity contribution in [2.24, 2.45) is 11.8 Å². The lowest BCUT2D eigenvalue weighted by atomic mass is 10.1. The second-order valence-electron chi connectivity index (χ2n) is 6.84. The lowest BCUT2D eigenvalue weighted by Crippen LogP contribution is -2.33. The van der Waals surface area contributed by atoms with Crippen molar-refractivity contribution < 1.29 is 23.9 Å². The van der Waals surface area contributed by atoms with E-state index in [2.05, 4.69) is 5.32 Å². The van der Waals surface area contributed by atoms with E-state index in [1.165, 1.54) is 14.2 Å². The zero-order valence-corrected chi connectivity index (χ0v) is 15.7. The molecule has 1 atom stereocenters. The van der Waals surface area contributed by atoms with Gasteiger partial charge in [-0.2, -0.15) is 0 Å². The molecular weight excluding hydrogens is 336 g/mol. The number of benzene rings is 1. The van der Waals surface area contributed by atoms with Crippen molar-refractivity contribution in [2.75, 3.05) is 27.3 Å². The minimum Gasteiger partial charge on any atom is -0.496 e. The van der Waals surface area contributed by atoms with Crippen LogP contribution in [0.25, 0.3) is 0 Å². The molecule has 1 aromatic carbocycles. The second kappa shape index (κ2) is 8.69. The molecule has 142 valence electrons. The Bertz CT molecular complexity index is 687. The molecule has 0 saturated carbocycles. The van der Waals surface area contributed by atoms with E-state index in [-0.39, 0.29) is 30.7 Å². The number of nitrogens with one attached hydrogen (secondary N) is 1. The number of esters is 1. The molecule has 2 amide bonds. The summed E-state index contributed by atoms with van der Waals surface area (Å²) in [6.45, 7) is 5.48. The first kappa shape index (κ1) is 19.8. The number of hydrogen-bond acceptors (Lipinski definition) is 5. The van der Waals surface area contributed by atoms with E-state index in [4.69, 9.17) is 9.47 Å². The summed E-state index contributed by atoms with van der Waals surface area (Å²) in [5.74, 6) is -0.175. The summed E-state index contributed by atoms with van der Waals surface area (Å²) in [7, 11) is 2.78. The first-order valence-corrected chi connectivity index (χ1v) is 8.66. The average Bonchev–Trinajstić information content (AvgIpc) is 2.98. The predicted octanol–water partition coefficient (Wildman–Crippen LogP) is 1.60. The number of ether oxygens (including phenoxy) is 2. The number of carbonyl (C=O) groups excluding carboxylic acids is 3. The summed E-state index contributed by atoms with van der Waals surface area (Å²) < 4.78 is 9.90. The van der Waals surface area contributed by atoms with E-state index in [0.717, 1.165) is 5.56 Å². The normalized spacial score (nSPS) is 16.7. The second-order valence-corrected chi connectivity index (χ2v) is 6.84. The highest BCUT2D eigenvalue weighted by molar-refractivity contribution is 5.93. The van der Waals surface area contributed by atoms with E-state index in [1.54, 1.807) is 23.1 Å². The van der Waals surface area contributed by atoms with Crippen LogP contribution in [0.2, 0.25) is 0 Å². The van der Waals surface area contributed by atoms with Crippen LogP contribution in [0, 0.1) is 11.8 Å². The van der Waals surface area contributed by atoms with Crippen molar-refractivity contribution in [3.63, 3.8) is 0 Å². The standard InChI is InChI=1S/C19H26N2O5/c1-12(2)10-21-11-14(8-17(21)22)18(23)20-9-13-5-6-16(25-3)15(7-13)19(24)26-4/h5-7,12,14H,8-11H2,1-4H3,(H,20,23)/t14-/m0/s1. The van der Waals surface area contributed by atoms with Crippen molar-refractivity contribution in [1.82, 2.24) is 10.2 Å². The smallest absolute Gasteiger partial charge is 0.341 e. The van der Waals surface area contributed by atoms with Crippen LogP contribution < -0.4 is 10.1 Å². The van der Waals surface area contributed by atoms with Crippen molar-refractivity contribution in [3.8, 4) is 5.75 Å². The van der Waals surface area contributed by atoms with Gasteiger partial charge in [-0.05, 0) is 23.6 Å². The molecule has 1 aromatic rings. The van der Waals surface area contributed by atoms with Gasteiger partial charge in [0.15, 0.2) is 0 Å². The van der Waals surface area contributed by atoms with Crippen molar-refractivity contribution in [1.29, 1.82) is 0 Å². The quantitative estimate of drug-likeness (QED) is 0.745. The molecule has 0 radical (unpaired) electrons. The highest BCUT2D eigenvalue weighted by Crippen LogP contribution is 2.22. The molecule has 0 spiro atoms. The summed E-state index contributed by atoms with van der Waals surface area (Å²) in [6.07, 6.45) is 0.245. The summed E-state index contributed by atoms with van der Waals surface area (Å²) in [4.78, 5) is 38.0. The zero-order valence-electron chi connectivity index (χ0n) is 15.7. The number of carbonyl (C=O) groups is 3. The van der Waals surface area contributed by atoms with Crippen LogP contribution in [-0.4, -0.2) is 50.0 Å². The first-order valence-electron chi connectivity index (χ1n) is 8.66. The number of nitrogens with zero attached hydrogens (tertiary/aromatic N) is 1. The van der Waals surface area contributed by atoms with Crippen molar-refractivity contribution in [3.05, 3.63) is 29.3 Å². The molecule has 1 aliphatic rings. The maximum absolute atomic E-state index is 12.4. The van der Waals surface area contributed by atoms with E-state index in [0.29, 0.717) is 30.3 Å². The SMILES string of the molecule is COC(=O)c1cc(CNC(=O)[C@H]2CC(=O)N(CC(C)C)C2)ccc1OC. The molecule has 0 bridgehead atoms. The lowest BCUT2D eigenvalue weighted by molar-refractivity contribution is -0.129. The summed E-state index contributed by atoms with van der Waals surface area (Å²) >= 11 is 0. The fraction of sp³-hybridized carbons (Fsp3) is 0.526. The van der Waals surface area contributed by atoms with Crippen LogP contribution in [0.1, 0.15) is 36.2 Å². The van der Waals surface area contributed by atoms with Crippen LogP contribution in [0.5, 0.6) is 5.75 Å². The molecule has 7 heteroatoms. The van der Waals surface area contributed by atoms with Gasteiger partial charge in [0, 0.05) is 26.1 Å². The Labute approximate surface area is 153 Å². The number of hydrogen-bond donors (Lipinski definition) is 1. The highest BCUT2D eigenvalue weighted by Gasteiger charge is 2.34. The Hall–Kier alpha value is -2.57. The fourth-order valence-corrected chi connectivity index (χ4v) is 3.03. The number of rotatable bonds is 7. The van der Waals surface area contributed by atoms with Crippen LogP contribution in [0.15, 0.2) is 18.2 Å². The number of likely N-dealkylation sites (tertiary alicyclic amines) is 1. The number of methoxy groups -OCH3 is 2.